The first-order valence-corrected chi connectivity index (χ1v) is 13.6. The number of Topliss-reactive ketones (excluding diaryl/α,β-unsaturated/α-hetero) is 1. The number of thiophene rings is 1. The summed E-state index contributed by atoms with van der Waals surface area (Å²) in [4.78, 5) is 26.0. The van der Waals surface area contributed by atoms with Gasteiger partial charge in [-0.25, -0.2) is 4.79 Å². The number of allylic oxidation sites excluding steroid dienone is 1. The first-order chi connectivity index (χ1) is 18.2. The normalized spacial score (nSPS) is 10.9. The highest BCUT2D eigenvalue weighted by Crippen LogP contribution is 2.36. The fourth-order valence-electron chi connectivity index (χ4n) is 3.55. The van der Waals surface area contributed by atoms with E-state index in [0.29, 0.717) is 36.1 Å². The molecule has 1 aromatic heterocycles. The maximum Gasteiger partial charge on any atom is 0.348 e. The smallest absolute Gasteiger partial charge is 0.348 e. The zero-order chi connectivity index (χ0) is 27.8. The summed E-state index contributed by atoms with van der Waals surface area (Å²) in [6.45, 7) is 3.76. The molecule has 0 amide bonds. The molecule has 0 fully saturated rings. The van der Waals surface area contributed by atoms with E-state index in [0.717, 1.165) is 16.9 Å². The van der Waals surface area contributed by atoms with E-state index in [2.05, 4.69) is 28.7 Å². The van der Waals surface area contributed by atoms with Crippen LogP contribution in [0.15, 0.2) is 42.0 Å². The Balaban J connectivity index is 1.87. The number of rotatable bonds is 10. The topological polar surface area (TPSA) is 109 Å². The minimum absolute atomic E-state index is 0.0970. The Kier molecular flexibility index (Phi) is 10.3. The van der Waals surface area contributed by atoms with Crippen molar-refractivity contribution < 1.29 is 23.8 Å². The van der Waals surface area contributed by atoms with Gasteiger partial charge in [-0.15, -0.1) is 11.3 Å². The average Bonchev–Trinajstić information content (AvgIpc) is 3.21. The Morgan fingerprint density at radius 3 is 2.58 bits per heavy atom. The van der Waals surface area contributed by atoms with E-state index in [9.17, 15) is 20.1 Å². The van der Waals surface area contributed by atoms with E-state index in [-0.39, 0.29) is 35.6 Å². The van der Waals surface area contributed by atoms with Crippen LogP contribution in [0.4, 0.5) is 0 Å². The number of benzene rings is 2. The number of carbonyl (C=O) groups excluding carboxylic acids is 2. The van der Waals surface area contributed by atoms with Crippen LogP contribution in [0, 0.1) is 33.2 Å². The van der Waals surface area contributed by atoms with Gasteiger partial charge < -0.3 is 14.2 Å². The third-order valence-corrected chi connectivity index (χ3v) is 7.87. The van der Waals surface area contributed by atoms with Crippen LogP contribution in [-0.2, 0) is 22.6 Å². The second kappa shape index (κ2) is 13.4. The number of nitrogens with zero attached hydrogens (tertiary/aromatic N) is 2. The highest BCUT2D eigenvalue weighted by Gasteiger charge is 2.23. The SMILES string of the molecule is CCOC(=O)c1sc(CC(=O)C(C#N)=Cc2cc(I)c(OCc3ccccc3Cl)c(OC)c2)c(C#N)c1C. The van der Waals surface area contributed by atoms with E-state index in [1.807, 2.05) is 24.3 Å². The van der Waals surface area contributed by atoms with Crippen molar-refractivity contribution >= 4 is 63.4 Å². The molecule has 0 aliphatic carbocycles. The van der Waals surface area contributed by atoms with Crippen LogP contribution in [0.2, 0.25) is 5.02 Å². The predicted molar refractivity (Wildman–Crippen MR) is 154 cm³/mol. The zero-order valence-electron chi connectivity index (χ0n) is 20.8. The minimum Gasteiger partial charge on any atom is -0.493 e. The molecule has 7 nitrogen and oxygen atoms in total. The molecule has 0 radical (unpaired) electrons. The van der Waals surface area contributed by atoms with Crippen molar-refractivity contribution in [3.05, 3.63) is 82.6 Å². The molecular weight excluding hydrogens is 639 g/mol. The van der Waals surface area contributed by atoms with Gasteiger partial charge in [0.15, 0.2) is 17.3 Å². The van der Waals surface area contributed by atoms with Gasteiger partial charge in [0, 0.05) is 21.9 Å². The van der Waals surface area contributed by atoms with Gasteiger partial charge in [0.2, 0.25) is 0 Å². The van der Waals surface area contributed by atoms with Gasteiger partial charge in [0.25, 0.3) is 0 Å². The summed E-state index contributed by atoms with van der Waals surface area (Å²) in [5, 5.41) is 19.9. The Morgan fingerprint density at radius 2 is 1.95 bits per heavy atom. The second-order valence-electron chi connectivity index (χ2n) is 7.87. The number of ketones is 1. The van der Waals surface area contributed by atoms with Crippen LogP contribution in [0.25, 0.3) is 6.08 Å². The summed E-state index contributed by atoms with van der Waals surface area (Å²) in [6, 6.07) is 14.8. The molecule has 0 unspecified atom stereocenters. The molecule has 0 spiro atoms. The highest BCUT2D eigenvalue weighted by atomic mass is 127. The molecule has 1 heterocycles. The highest BCUT2D eigenvalue weighted by molar-refractivity contribution is 14.1. The summed E-state index contributed by atoms with van der Waals surface area (Å²) in [7, 11) is 1.50. The van der Waals surface area contributed by atoms with Crippen molar-refractivity contribution in [2.75, 3.05) is 13.7 Å². The Morgan fingerprint density at radius 1 is 1.21 bits per heavy atom. The van der Waals surface area contributed by atoms with Gasteiger partial charge in [0.1, 0.15) is 23.6 Å². The quantitative estimate of drug-likeness (QED) is 0.103. The van der Waals surface area contributed by atoms with Gasteiger partial charge in [0.05, 0.1) is 28.4 Å². The van der Waals surface area contributed by atoms with Gasteiger partial charge in [-0.05, 0) is 71.8 Å². The molecule has 0 saturated heterocycles. The lowest BCUT2D eigenvalue weighted by Gasteiger charge is -2.14. The lowest BCUT2D eigenvalue weighted by atomic mass is 10.0. The van der Waals surface area contributed by atoms with Crippen molar-refractivity contribution in [3.63, 3.8) is 0 Å². The molecule has 38 heavy (non-hydrogen) atoms. The summed E-state index contributed by atoms with van der Waals surface area (Å²) in [6.07, 6.45) is 1.27. The Bertz CT molecular complexity index is 1500. The van der Waals surface area contributed by atoms with Crippen molar-refractivity contribution in [1.29, 1.82) is 10.5 Å². The van der Waals surface area contributed by atoms with E-state index in [1.54, 1.807) is 32.0 Å². The van der Waals surface area contributed by atoms with Gasteiger partial charge in [-0.1, -0.05) is 29.8 Å². The van der Waals surface area contributed by atoms with E-state index >= 15 is 0 Å². The van der Waals surface area contributed by atoms with Crippen molar-refractivity contribution in [2.24, 2.45) is 0 Å². The molecule has 194 valence electrons. The maximum atomic E-state index is 13.0. The Labute approximate surface area is 243 Å². The standard InChI is InChI=1S/C28H22ClIN2O5S/c1-4-36-28(34)27-16(2)20(14-32)25(38-27)12-23(33)19(13-31)9-17-10-22(30)26(24(11-17)35-3)37-15-18-7-5-6-8-21(18)29/h5-11H,4,12,15H2,1-3H3. The first kappa shape index (κ1) is 29.2. The average molecular weight is 661 g/mol. The third-order valence-electron chi connectivity index (χ3n) is 5.43. The van der Waals surface area contributed by atoms with E-state index < -0.39 is 11.8 Å². The van der Waals surface area contributed by atoms with E-state index in [4.69, 9.17) is 25.8 Å². The lowest BCUT2D eigenvalue weighted by Crippen LogP contribution is -2.05. The molecule has 10 heteroatoms. The van der Waals surface area contributed by atoms with Crippen LogP contribution in [0.3, 0.4) is 0 Å². The summed E-state index contributed by atoms with van der Waals surface area (Å²) in [5.41, 5.74) is 2.00. The third kappa shape index (κ3) is 6.73. The lowest BCUT2D eigenvalue weighted by molar-refractivity contribution is -0.114. The molecule has 0 N–H and O–H groups in total. The fourth-order valence-corrected chi connectivity index (χ4v) is 5.67. The summed E-state index contributed by atoms with van der Waals surface area (Å²) >= 11 is 9.36. The Hall–Kier alpha value is -3.38. The predicted octanol–water partition coefficient (Wildman–Crippen LogP) is 6.67. The second-order valence-corrected chi connectivity index (χ2v) is 10.5. The summed E-state index contributed by atoms with van der Waals surface area (Å²) < 4.78 is 17.2. The van der Waals surface area contributed by atoms with Gasteiger partial charge >= 0.3 is 5.97 Å². The summed E-state index contributed by atoms with van der Waals surface area (Å²) in [5.74, 6) is -0.0812. The number of halogens is 2. The number of esters is 1. The molecule has 0 atom stereocenters. The van der Waals surface area contributed by atoms with Crippen molar-refractivity contribution in [2.45, 2.75) is 26.9 Å². The minimum atomic E-state index is -0.542. The van der Waals surface area contributed by atoms with Crippen LogP contribution in [0.5, 0.6) is 11.5 Å². The van der Waals surface area contributed by atoms with E-state index in [1.165, 1.54) is 13.2 Å². The van der Waals surface area contributed by atoms with Crippen LogP contribution < -0.4 is 9.47 Å². The largest absolute Gasteiger partial charge is 0.493 e. The molecule has 3 aromatic rings. The number of methoxy groups -OCH3 is 1. The van der Waals surface area contributed by atoms with Gasteiger partial charge in [-0.2, -0.15) is 10.5 Å². The van der Waals surface area contributed by atoms with Crippen LogP contribution in [0.1, 0.15) is 43.7 Å². The number of ether oxygens (including phenoxy) is 3. The van der Waals surface area contributed by atoms with Crippen molar-refractivity contribution in [3.8, 4) is 23.6 Å². The molecule has 3 rings (SSSR count). The first-order valence-electron chi connectivity index (χ1n) is 11.3. The molecule has 0 bridgehead atoms. The zero-order valence-corrected chi connectivity index (χ0v) is 24.5. The number of hydrogen-bond donors (Lipinski definition) is 0. The van der Waals surface area contributed by atoms with Crippen LogP contribution >= 0.6 is 45.5 Å². The van der Waals surface area contributed by atoms with Crippen LogP contribution in [-0.4, -0.2) is 25.5 Å². The number of nitriles is 2. The van der Waals surface area contributed by atoms with Crippen molar-refractivity contribution in [1.82, 2.24) is 0 Å². The number of carbonyl (C=O) groups is 2. The molecule has 0 aliphatic heterocycles. The monoisotopic (exact) mass is 660 g/mol. The molecule has 0 aliphatic rings. The number of hydrogen-bond acceptors (Lipinski definition) is 8. The molecular formula is C28H22ClIN2O5S. The molecule has 2 aromatic carbocycles. The maximum absolute atomic E-state index is 13.0. The fraction of sp³-hybridized carbons (Fsp3) is 0.214. The van der Waals surface area contributed by atoms with Gasteiger partial charge in [-0.3, -0.25) is 4.79 Å². The molecule has 0 saturated carbocycles.